The van der Waals surface area contributed by atoms with Crippen molar-refractivity contribution in [2.24, 2.45) is 0 Å². The lowest BCUT2D eigenvalue weighted by atomic mass is 9.94. The maximum Gasteiger partial charge on any atom is 0.263 e. The number of pyridine rings is 1. The number of hydrogen-bond acceptors (Lipinski definition) is 5. The molecule has 5 rings (SSSR count). The van der Waals surface area contributed by atoms with Gasteiger partial charge in [-0.05, 0) is 62.9 Å². The van der Waals surface area contributed by atoms with Gasteiger partial charge in [0.25, 0.3) is 11.8 Å². The van der Waals surface area contributed by atoms with Crippen LogP contribution in [0.4, 0.5) is 11.4 Å². The number of nitrogen functional groups attached to an aromatic ring is 1. The normalized spacial score (nSPS) is 14.0. The number of halogens is 1. The molecule has 2 aromatic carbocycles. The average molecular weight is 547 g/mol. The van der Waals surface area contributed by atoms with E-state index in [4.69, 9.17) is 22.3 Å². The molecule has 1 aliphatic carbocycles. The highest BCUT2D eigenvalue weighted by Crippen LogP contribution is 2.42. The van der Waals surface area contributed by atoms with Crippen molar-refractivity contribution in [1.82, 2.24) is 10.3 Å². The van der Waals surface area contributed by atoms with E-state index >= 15 is 0 Å². The summed E-state index contributed by atoms with van der Waals surface area (Å²) >= 11 is 7.46. The third-order valence-electron chi connectivity index (χ3n) is 7.19. The number of aromatic nitrogens is 1. The van der Waals surface area contributed by atoms with Crippen LogP contribution in [0.15, 0.2) is 42.5 Å². The molecule has 1 aliphatic rings. The van der Waals surface area contributed by atoms with Crippen LogP contribution in [0.3, 0.4) is 0 Å². The summed E-state index contributed by atoms with van der Waals surface area (Å²) in [4.78, 5) is 32.9. The van der Waals surface area contributed by atoms with Crippen molar-refractivity contribution in [3.63, 3.8) is 0 Å². The number of carbonyl (C=O) groups excluding carboxylic acids is 2. The number of carbonyl (C=O) groups is 2. The molecule has 0 aliphatic heterocycles. The Morgan fingerprint density at radius 1 is 1.00 bits per heavy atom. The SMILES string of the molecule is Cc1ccc(NC(=O)c2c(C)nc3sc(C(=O)NC4CCCCC4)c(N)c3c2-c2ccc(Cl)cc2)c(C)c1. The number of amides is 2. The zero-order valence-corrected chi connectivity index (χ0v) is 23.4. The second kappa shape index (κ2) is 10.8. The van der Waals surface area contributed by atoms with E-state index in [0.29, 0.717) is 42.6 Å². The molecule has 196 valence electrons. The van der Waals surface area contributed by atoms with Crippen molar-refractivity contribution in [2.75, 3.05) is 11.1 Å². The molecule has 4 N–H and O–H groups in total. The summed E-state index contributed by atoms with van der Waals surface area (Å²) < 4.78 is 0. The fourth-order valence-corrected chi connectivity index (χ4v) is 6.43. The second-order valence-electron chi connectivity index (χ2n) is 10.1. The average Bonchev–Trinajstić information content (AvgIpc) is 3.21. The van der Waals surface area contributed by atoms with E-state index < -0.39 is 0 Å². The van der Waals surface area contributed by atoms with Crippen LogP contribution in [-0.2, 0) is 0 Å². The van der Waals surface area contributed by atoms with E-state index in [1.165, 1.54) is 17.8 Å². The monoisotopic (exact) mass is 546 g/mol. The molecule has 8 heteroatoms. The summed E-state index contributed by atoms with van der Waals surface area (Å²) in [6.45, 7) is 5.79. The first-order valence-electron chi connectivity index (χ1n) is 12.9. The molecular formula is C30H31ClN4O2S. The highest BCUT2D eigenvalue weighted by Gasteiger charge is 2.28. The molecule has 0 unspecified atom stereocenters. The number of fused-ring (bicyclic) bond motifs is 1. The van der Waals surface area contributed by atoms with Gasteiger partial charge in [-0.3, -0.25) is 9.59 Å². The van der Waals surface area contributed by atoms with Gasteiger partial charge in [0.15, 0.2) is 0 Å². The lowest BCUT2D eigenvalue weighted by Crippen LogP contribution is -2.36. The number of nitrogens with one attached hydrogen (secondary N) is 2. The van der Waals surface area contributed by atoms with Crippen molar-refractivity contribution in [1.29, 1.82) is 0 Å². The Balaban J connectivity index is 1.64. The van der Waals surface area contributed by atoms with E-state index in [-0.39, 0.29) is 17.9 Å². The highest BCUT2D eigenvalue weighted by atomic mass is 35.5. The lowest BCUT2D eigenvalue weighted by Gasteiger charge is -2.22. The number of nitrogens with zero attached hydrogens (tertiary/aromatic N) is 1. The van der Waals surface area contributed by atoms with Crippen LogP contribution in [0.25, 0.3) is 21.3 Å². The van der Waals surface area contributed by atoms with Crippen molar-refractivity contribution < 1.29 is 9.59 Å². The zero-order valence-electron chi connectivity index (χ0n) is 21.8. The first kappa shape index (κ1) is 26.2. The molecule has 2 heterocycles. The fourth-order valence-electron chi connectivity index (χ4n) is 5.25. The van der Waals surface area contributed by atoms with E-state index in [9.17, 15) is 9.59 Å². The topological polar surface area (TPSA) is 97.1 Å². The Hall–Kier alpha value is -3.42. The first-order chi connectivity index (χ1) is 18.2. The fraction of sp³-hybridized carbons (Fsp3) is 0.300. The van der Waals surface area contributed by atoms with Gasteiger partial charge >= 0.3 is 0 Å². The number of benzene rings is 2. The second-order valence-corrected chi connectivity index (χ2v) is 11.5. The molecule has 1 fully saturated rings. The number of nitrogens with two attached hydrogens (primary N) is 1. The molecule has 38 heavy (non-hydrogen) atoms. The Morgan fingerprint density at radius 3 is 2.39 bits per heavy atom. The summed E-state index contributed by atoms with van der Waals surface area (Å²) in [5.41, 5.74) is 12.2. The van der Waals surface area contributed by atoms with Crippen LogP contribution in [0.5, 0.6) is 0 Å². The van der Waals surface area contributed by atoms with Gasteiger partial charge in [0.05, 0.1) is 16.9 Å². The number of hydrogen-bond donors (Lipinski definition) is 3. The van der Waals surface area contributed by atoms with Crippen LogP contribution in [0, 0.1) is 20.8 Å². The molecule has 0 atom stereocenters. The van der Waals surface area contributed by atoms with Crippen molar-refractivity contribution in [3.05, 3.63) is 74.7 Å². The Morgan fingerprint density at radius 2 is 1.71 bits per heavy atom. The standard InChI is InChI=1S/C30H31ClN4O2S/c1-16-9-14-22(17(2)15-16)35-28(36)23-18(3)33-30-25(24(23)19-10-12-20(31)13-11-19)26(32)27(38-30)29(37)34-21-7-5-4-6-8-21/h9-15,21H,4-8,32H2,1-3H3,(H,34,37)(H,35,36). The van der Waals surface area contributed by atoms with E-state index in [0.717, 1.165) is 48.1 Å². The van der Waals surface area contributed by atoms with Crippen molar-refractivity contribution in [2.45, 2.75) is 58.9 Å². The maximum atomic E-state index is 13.8. The van der Waals surface area contributed by atoms with Gasteiger partial charge in [0, 0.05) is 27.7 Å². The van der Waals surface area contributed by atoms with Crippen LogP contribution >= 0.6 is 22.9 Å². The highest BCUT2D eigenvalue weighted by molar-refractivity contribution is 7.21. The van der Waals surface area contributed by atoms with Gasteiger partial charge in [-0.15, -0.1) is 11.3 Å². The molecule has 0 spiro atoms. The molecule has 2 aromatic heterocycles. The van der Waals surface area contributed by atoms with Crippen LogP contribution in [0.2, 0.25) is 5.02 Å². The molecule has 6 nitrogen and oxygen atoms in total. The van der Waals surface area contributed by atoms with Gasteiger partial charge in [0.1, 0.15) is 9.71 Å². The molecule has 4 aromatic rings. The van der Waals surface area contributed by atoms with E-state index in [1.54, 1.807) is 12.1 Å². The summed E-state index contributed by atoms with van der Waals surface area (Å²) in [5, 5.41) is 7.43. The molecular weight excluding hydrogens is 516 g/mol. The minimum Gasteiger partial charge on any atom is -0.397 e. The van der Waals surface area contributed by atoms with Gasteiger partial charge in [-0.1, -0.05) is 60.7 Å². The summed E-state index contributed by atoms with van der Waals surface area (Å²) in [5.74, 6) is -0.467. The summed E-state index contributed by atoms with van der Waals surface area (Å²) in [6.07, 6.45) is 5.40. The van der Waals surface area contributed by atoms with E-state index in [1.807, 2.05) is 51.1 Å². The van der Waals surface area contributed by atoms with Crippen LogP contribution in [-0.4, -0.2) is 22.8 Å². The van der Waals surface area contributed by atoms with Gasteiger partial charge < -0.3 is 16.4 Å². The first-order valence-corrected chi connectivity index (χ1v) is 14.1. The Kier molecular flexibility index (Phi) is 7.41. The quantitative estimate of drug-likeness (QED) is 0.242. The summed E-state index contributed by atoms with van der Waals surface area (Å²) in [6, 6.07) is 13.3. The number of aryl methyl sites for hydroxylation is 3. The number of rotatable bonds is 5. The van der Waals surface area contributed by atoms with Gasteiger partial charge in [-0.25, -0.2) is 4.98 Å². The van der Waals surface area contributed by atoms with Crippen molar-refractivity contribution in [3.8, 4) is 11.1 Å². The Labute approximate surface area is 231 Å². The molecule has 1 saturated carbocycles. The smallest absolute Gasteiger partial charge is 0.263 e. The molecule has 0 radical (unpaired) electrons. The summed E-state index contributed by atoms with van der Waals surface area (Å²) in [7, 11) is 0. The van der Waals surface area contributed by atoms with Gasteiger partial charge in [0.2, 0.25) is 0 Å². The third kappa shape index (κ3) is 5.13. The van der Waals surface area contributed by atoms with E-state index in [2.05, 4.69) is 10.6 Å². The predicted octanol–water partition coefficient (Wildman–Crippen LogP) is 7.44. The predicted molar refractivity (Wildman–Crippen MR) is 157 cm³/mol. The minimum absolute atomic E-state index is 0.158. The minimum atomic E-state index is -0.285. The maximum absolute atomic E-state index is 13.8. The van der Waals surface area contributed by atoms with Gasteiger partial charge in [-0.2, -0.15) is 0 Å². The lowest BCUT2D eigenvalue weighted by molar-refractivity contribution is 0.0932. The number of anilines is 2. The largest absolute Gasteiger partial charge is 0.397 e. The molecule has 2 amide bonds. The number of thiophene rings is 1. The molecule has 0 bridgehead atoms. The molecule has 0 saturated heterocycles. The van der Waals surface area contributed by atoms with Crippen LogP contribution in [0.1, 0.15) is 69.0 Å². The Bertz CT molecular complexity index is 1540. The third-order valence-corrected chi connectivity index (χ3v) is 8.54. The zero-order chi connectivity index (χ0) is 27.0. The van der Waals surface area contributed by atoms with Crippen LogP contribution < -0.4 is 16.4 Å². The van der Waals surface area contributed by atoms with Crippen molar-refractivity contribution >= 4 is 56.3 Å².